The molecule has 1 aromatic carbocycles. The van der Waals surface area contributed by atoms with Crippen LogP contribution in [0.2, 0.25) is 0 Å². The van der Waals surface area contributed by atoms with Crippen LogP contribution >= 0.6 is 0 Å². The standard InChI is InChI=1S/C24H33N3O3/c1-16(2)22-9-8-17(3)11-23(22)30-15-24(28)26-25-13-20-12-18(4)27(19(20)5)14-21-7-6-10-29-21/h8-9,11-13,16,21H,6-7,10,14-15H2,1-5H3,(H,26,28)/b25-13-/t21-/m0/s1. The first-order valence-electron chi connectivity index (χ1n) is 10.7. The minimum absolute atomic E-state index is 0.0709. The second-order valence-corrected chi connectivity index (χ2v) is 8.35. The number of aryl methyl sites for hydroxylation is 2. The van der Waals surface area contributed by atoms with Crippen LogP contribution in [0.4, 0.5) is 0 Å². The lowest BCUT2D eigenvalue weighted by Crippen LogP contribution is -2.25. The number of carbonyl (C=O) groups excluding carboxylic acids is 1. The Bertz CT molecular complexity index is 909. The van der Waals surface area contributed by atoms with Crippen LogP contribution in [0.15, 0.2) is 29.4 Å². The summed E-state index contributed by atoms with van der Waals surface area (Å²) >= 11 is 0. The fourth-order valence-electron chi connectivity index (χ4n) is 3.82. The van der Waals surface area contributed by atoms with Crippen LogP contribution in [-0.2, 0) is 16.1 Å². The van der Waals surface area contributed by atoms with E-state index in [2.05, 4.69) is 61.0 Å². The first kappa shape index (κ1) is 22.1. The van der Waals surface area contributed by atoms with Crippen molar-refractivity contribution < 1.29 is 14.3 Å². The number of hydrogen-bond acceptors (Lipinski definition) is 4. The second-order valence-electron chi connectivity index (χ2n) is 8.35. The van der Waals surface area contributed by atoms with Crippen LogP contribution in [-0.4, -0.2) is 36.0 Å². The summed E-state index contributed by atoms with van der Waals surface area (Å²) in [6.45, 7) is 12.0. The zero-order chi connectivity index (χ0) is 21.7. The molecule has 3 rings (SSSR count). The molecule has 0 aliphatic carbocycles. The van der Waals surface area contributed by atoms with Crippen LogP contribution in [0.1, 0.15) is 60.7 Å². The van der Waals surface area contributed by atoms with E-state index in [-0.39, 0.29) is 18.6 Å². The van der Waals surface area contributed by atoms with Gasteiger partial charge in [-0.1, -0.05) is 26.0 Å². The van der Waals surface area contributed by atoms with Gasteiger partial charge in [0.25, 0.3) is 5.91 Å². The van der Waals surface area contributed by atoms with Crippen molar-refractivity contribution in [3.63, 3.8) is 0 Å². The van der Waals surface area contributed by atoms with E-state index in [0.717, 1.165) is 54.1 Å². The van der Waals surface area contributed by atoms with E-state index in [1.165, 1.54) is 5.69 Å². The molecule has 2 heterocycles. The third-order valence-electron chi connectivity index (χ3n) is 5.57. The van der Waals surface area contributed by atoms with Gasteiger partial charge in [0.15, 0.2) is 6.61 Å². The largest absolute Gasteiger partial charge is 0.483 e. The van der Waals surface area contributed by atoms with Gasteiger partial charge in [-0.15, -0.1) is 0 Å². The molecule has 6 nitrogen and oxygen atoms in total. The van der Waals surface area contributed by atoms with Gasteiger partial charge in [-0.25, -0.2) is 5.43 Å². The highest BCUT2D eigenvalue weighted by atomic mass is 16.5. The number of hydrazone groups is 1. The van der Waals surface area contributed by atoms with E-state index in [4.69, 9.17) is 9.47 Å². The predicted molar refractivity (Wildman–Crippen MR) is 119 cm³/mol. The third-order valence-corrected chi connectivity index (χ3v) is 5.57. The molecule has 1 aliphatic rings. The Morgan fingerprint density at radius 1 is 1.33 bits per heavy atom. The van der Waals surface area contributed by atoms with Crippen molar-refractivity contribution in [2.24, 2.45) is 5.10 Å². The number of hydrogen-bond donors (Lipinski definition) is 1. The molecule has 0 radical (unpaired) electrons. The number of amides is 1. The van der Waals surface area contributed by atoms with Crippen molar-refractivity contribution >= 4 is 12.1 Å². The van der Waals surface area contributed by atoms with E-state index in [9.17, 15) is 4.79 Å². The monoisotopic (exact) mass is 411 g/mol. The molecule has 6 heteroatoms. The molecule has 0 bridgehead atoms. The fourth-order valence-corrected chi connectivity index (χ4v) is 3.82. The number of aromatic nitrogens is 1. The maximum absolute atomic E-state index is 12.2. The van der Waals surface area contributed by atoms with E-state index < -0.39 is 0 Å². The van der Waals surface area contributed by atoms with Gasteiger partial charge in [-0.2, -0.15) is 5.10 Å². The molecular formula is C24H33N3O3. The normalized spacial score (nSPS) is 16.5. The van der Waals surface area contributed by atoms with Gasteiger partial charge in [0.05, 0.1) is 12.3 Å². The van der Waals surface area contributed by atoms with Crippen molar-refractivity contribution in [3.8, 4) is 5.75 Å². The summed E-state index contributed by atoms with van der Waals surface area (Å²) in [6, 6.07) is 8.16. The molecule has 1 aromatic heterocycles. The van der Waals surface area contributed by atoms with E-state index >= 15 is 0 Å². The highest BCUT2D eigenvalue weighted by Crippen LogP contribution is 2.27. The van der Waals surface area contributed by atoms with Gasteiger partial charge in [0.1, 0.15) is 5.75 Å². The molecule has 1 N–H and O–H groups in total. The highest BCUT2D eigenvalue weighted by molar-refractivity contribution is 5.84. The van der Waals surface area contributed by atoms with Gasteiger partial charge in [0, 0.05) is 30.1 Å². The lowest BCUT2D eigenvalue weighted by atomic mass is 10.0. The predicted octanol–water partition coefficient (Wildman–Crippen LogP) is 4.24. The molecule has 1 saturated heterocycles. The molecule has 0 saturated carbocycles. The van der Waals surface area contributed by atoms with Crippen molar-refractivity contribution in [1.29, 1.82) is 0 Å². The van der Waals surface area contributed by atoms with Crippen molar-refractivity contribution in [2.45, 2.75) is 66.0 Å². The Kier molecular flexibility index (Phi) is 7.32. The molecule has 1 fully saturated rings. The van der Waals surface area contributed by atoms with Crippen LogP contribution in [0.5, 0.6) is 5.75 Å². The quantitative estimate of drug-likeness (QED) is 0.522. The topological polar surface area (TPSA) is 64.8 Å². The summed E-state index contributed by atoms with van der Waals surface area (Å²) in [5.74, 6) is 0.795. The van der Waals surface area contributed by atoms with Gasteiger partial charge in [-0.3, -0.25) is 4.79 Å². The highest BCUT2D eigenvalue weighted by Gasteiger charge is 2.18. The Balaban J connectivity index is 1.56. The van der Waals surface area contributed by atoms with Crippen LogP contribution in [0.25, 0.3) is 0 Å². The number of ether oxygens (including phenoxy) is 2. The minimum atomic E-state index is -0.282. The summed E-state index contributed by atoms with van der Waals surface area (Å²) in [5.41, 5.74) is 8.04. The number of carbonyl (C=O) groups is 1. The smallest absolute Gasteiger partial charge is 0.277 e. The minimum Gasteiger partial charge on any atom is -0.483 e. The van der Waals surface area contributed by atoms with Crippen molar-refractivity contribution in [2.75, 3.05) is 13.2 Å². The molecule has 162 valence electrons. The van der Waals surface area contributed by atoms with Crippen LogP contribution in [0.3, 0.4) is 0 Å². The van der Waals surface area contributed by atoms with Gasteiger partial charge in [-0.05, 0) is 62.8 Å². The number of rotatable bonds is 8. The summed E-state index contributed by atoms with van der Waals surface area (Å²) in [7, 11) is 0. The maximum Gasteiger partial charge on any atom is 0.277 e. The molecule has 1 atom stereocenters. The lowest BCUT2D eigenvalue weighted by molar-refractivity contribution is -0.123. The number of nitrogens with zero attached hydrogens (tertiary/aromatic N) is 2. The molecule has 0 spiro atoms. The van der Waals surface area contributed by atoms with Crippen LogP contribution < -0.4 is 10.2 Å². The Morgan fingerprint density at radius 2 is 2.13 bits per heavy atom. The zero-order valence-corrected chi connectivity index (χ0v) is 18.7. The average Bonchev–Trinajstić information content (AvgIpc) is 3.30. The van der Waals surface area contributed by atoms with Gasteiger partial charge in [0.2, 0.25) is 0 Å². The molecule has 2 aromatic rings. The number of benzene rings is 1. The SMILES string of the molecule is Cc1ccc(C(C)C)c(OCC(=O)N/N=C\c2cc(C)n(C[C@@H]3CCCO3)c2C)c1. The molecular weight excluding hydrogens is 378 g/mol. The van der Waals surface area contributed by atoms with Gasteiger partial charge < -0.3 is 14.0 Å². The first-order chi connectivity index (χ1) is 14.3. The third kappa shape index (κ3) is 5.51. The number of nitrogens with one attached hydrogen (secondary N) is 1. The van der Waals surface area contributed by atoms with Crippen LogP contribution in [0, 0.1) is 20.8 Å². The Labute approximate surface area is 179 Å². The first-order valence-corrected chi connectivity index (χ1v) is 10.7. The summed E-state index contributed by atoms with van der Waals surface area (Å²) in [4.78, 5) is 12.2. The van der Waals surface area contributed by atoms with E-state index in [1.807, 2.05) is 13.0 Å². The van der Waals surface area contributed by atoms with E-state index in [1.54, 1.807) is 6.21 Å². The Hall–Kier alpha value is -2.60. The second kappa shape index (κ2) is 9.94. The zero-order valence-electron chi connectivity index (χ0n) is 18.7. The lowest BCUT2D eigenvalue weighted by Gasteiger charge is -2.14. The van der Waals surface area contributed by atoms with Gasteiger partial charge >= 0.3 is 0 Å². The molecule has 0 unspecified atom stereocenters. The fraction of sp³-hybridized carbons (Fsp3) is 0.500. The van der Waals surface area contributed by atoms with Crippen molar-refractivity contribution in [1.82, 2.24) is 9.99 Å². The molecule has 1 aliphatic heterocycles. The average molecular weight is 412 g/mol. The van der Waals surface area contributed by atoms with E-state index in [0.29, 0.717) is 5.92 Å². The summed E-state index contributed by atoms with van der Waals surface area (Å²) in [6.07, 6.45) is 4.22. The molecule has 30 heavy (non-hydrogen) atoms. The molecule has 1 amide bonds. The summed E-state index contributed by atoms with van der Waals surface area (Å²) in [5, 5.41) is 4.13. The van der Waals surface area contributed by atoms with Crippen molar-refractivity contribution in [3.05, 3.63) is 52.3 Å². The Morgan fingerprint density at radius 3 is 2.83 bits per heavy atom. The maximum atomic E-state index is 12.2. The summed E-state index contributed by atoms with van der Waals surface area (Å²) < 4.78 is 13.8.